The maximum Gasteiger partial charge on any atom is 0.326 e. The average Bonchev–Trinajstić information content (AvgIpc) is 2.77. The van der Waals surface area contributed by atoms with E-state index in [1.54, 1.807) is 13.1 Å². The number of H-pyrrole nitrogens is 1. The van der Waals surface area contributed by atoms with Crippen molar-refractivity contribution in [3.05, 3.63) is 62.7 Å². The minimum absolute atomic E-state index is 0.0626. The number of amides is 1. The minimum Gasteiger partial charge on any atom is -0.365 e. The normalized spacial score (nSPS) is 14.7. The molecule has 0 atom stereocenters. The van der Waals surface area contributed by atoms with Crippen molar-refractivity contribution in [2.24, 2.45) is 7.05 Å². The van der Waals surface area contributed by atoms with Crippen molar-refractivity contribution in [1.82, 2.24) is 24.8 Å². The van der Waals surface area contributed by atoms with Crippen LogP contribution in [0.1, 0.15) is 16.1 Å². The van der Waals surface area contributed by atoms with Crippen LogP contribution in [0.4, 0.5) is 10.1 Å². The number of pyridine rings is 1. The summed E-state index contributed by atoms with van der Waals surface area (Å²) >= 11 is 5.36. The molecule has 0 saturated carbocycles. The fraction of sp³-hybridized carbons (Fsp3) is 0.333. The topological polar surface area (TPSA) is 86.3 Å². The molecule has 1 fully saturated rings. The van der Waals surface area contributed by atoms with Crippen LogP contribution in [0.25, 0.3) is 10.9 Å². The largest absolute Gasteiger partial charge is 0.365 e. The lowest BCUT2D eigenvalue weighted by atomic mass is 10.1. The molecule has 4 rings (SSSR count). The Labute approximate surface area is 183 Å². The van der Waals surface area contributed by atoms with E-state index in [2.05, 4.69) is 20.2 Å². The second-order valence-corrected chi connectivity index (χ2v) is 7.91. The number of halogens is 1. The lowest BCUT2D eigenvalue weighted by molar-refractivity contribution is 0.0957. The molecule has 0 aliphatic carbocycles. The highest BCUT2D eigenvalue weighted by molar-refractivity contribution is 7.71. The highest BCUT2D eigenvalue weighted by atomic mass is 32.1. The molecular weight excluding hydrogens is 419 g/mol. The van der Waals surface area contributed by atoms with Crippen molar-refractivity contribution in [2.45, 2.75) is 6.54 Å². The van der Waals surface area contributed by atoms with Gasteiger partial charge in [-0.1, -0.05) is 18.3 Å². The summed E-state index contributed by atoms with van der Waals surface area (Å²) in [5.41, 5.74) is 2.03. The van der Waals surface area contributed by atoms with Crippen LogP contribution in [0, 0.1) is 10.6 Å². The molecule has 1 aromatic carbocycles. The van der Waals surface area contributed by atoms with Crippen LogP contribution in [-0.2, 0) is 13.6 Å². The van der Waals surface area contributed by atoms with Gasteiger partial charge in [-0.2, -0.15) is 4.39 Å². The Hall–Kier alpha value is -3.11. The fourth-order valence-electron chi connectivity index (χ4n) is 3.77. The lowest BCUT2D eigenvalue weighted by Gasteiger charge is -2.36. The molecule has 31 heavy (non-hydrogen) atoms. The second-order valence-electron chi connectivity index (χ2n) is 7.52. The van der Waals surface area contributed by atoms with E-state index < -0.39 is 11.9 Å². The van der Waals surface area contributed by atoms with Gasteiger partial charge in [-0.05, 0) is 29.8 Å². The summed E-state index contributed by atoms with van der Waals surface area (Å²) in [5.74, 6) is -1.05. The third-order valence-corrected chi connectivity index (χ3v) is 6.07. The van der Waals surface area contributed by atoms with Crippen LogP contribution in [0.5, 0.6) is 0 Å². The predicted octanol–water partition coefficient (Wildman–Crippen LogP) is 1.81. The van der Waals surface area contributed by atoms with Gasteiger partial charge in [0.2, 0.25) is 5.95 Å². The third-order valence-electron chi connectivity index (χ3n) is 5.57. The molecule has 1 aliphatic rings. The molecule has 8 nitrogen and oxygen atoms in total. The molecule has 2 aromatic heterocycles. The van der Waals surface area contributed by atoms with Crippen LogP contribution in [-0.4, -0.2) is 58.6 Å². The monoisotopic (exact) mass is 442 g/mol. The number of piperazine rings is 1. The summed E-state index contributed by atoms with van der Waals surface area (Å²) in [5, 5.41) is 3.28. The van der Waals surface area contributed by atoms with E-state index in [1.165, 1.54) is 17.7 Å². The molecule has 0 bridgehead atoms. The van der Waals surface area contributed by atoms with Gasteiger partial charge in [0.25, 0.3) is 5.91 Å². The van der Waals surface area contributed by atoms with Crippen molar-refractivity contribution in [1.29, 1.82) is 0 Å². The van der Waals surface area contributed by atoms with E-state index in [9.17, 15) is 14.0 Å². The Balaban J connectivity index is 1.44. The maximum absolute atomic E-state index is 14.4. The Morgan fingerprint density at radius 3 is 2.65 bits per heavy atom. The van der Waals surface area contributed by atoms with Crippen LogP contribution in [0.2, 0.25) is 0 Å². The molecule has 0 radical (unpaired) electrons. The summed E-state index contributed by atoms with van der Waals surface area (Å²) in [6, 6.07) is 9.06. The van der Waals surface area contributed by atoms with Crippen molar-refractivity contribution < 1.29 is 9.18 Å². The first kappa shape index (κ1) is 21.1. The Kier molecular flexibility index (Phi) is 5.84. The lowest BCUT2D eigenvalue weighted by Crippen LogP contribution is -2.46. The van der Waals surface area contributed by atoms with Crippen molar-refractivity contribution in [3.8, 4) is 0 Å². The average molecular weight is 443 g/mol. The summed E-state index contributed by atoms with van der Waals surface area (Å²) < 4.78 is 16.4. The summed E-state index contributed by atoms with van der Waals surface area (Å²) in [6.45, 7) is 3.52. The standard InChI is InChI=1S/C21H23FN6O2S/c1-23-19(29)15-5-6-17(18(22)24-15)28-9-7-27(8-10-28)12-13-3-4-14-16(11-13)25-21(30)26(2)20(14)31/h3-6,11H,7-10,12H2,1-2H3,(H,23,29)(H,25,30). The first-order valence-electron chi connectivity index (χ1n) is 9.95. The highest BCUT2D eigenvalue weighted by Crippen LogP contribution is 2.21. The van der Waals surface area contributed by atoms with Gasteiger partial charge >= 0.3 is 5.69 Å². The first-order valence-corrected chi connectivity index (χ1v) is 10.4. The molecule has 1 amide bonds. The van der Waals surface area contributed by atoms with Gasteiger partial charge in [0, 0.05) is 52.2 Å². The van der Waals surface area contributed by atoms with Gasteiger partial charge in [-0.3, -0.25) is 14.3 Å². The van der Waals surface area contributed by atoms with Crippen LogP contribution >= 0.6 is 12.2 Å². The molecule has 1 aliphatic heterocycles. The van der Waals surface area contributed by atoms with E-state index in [-0.39, 0.29) is 11.4 Å². The SMILES string of the molecule is CNC(=O)c1ccc(N2CCN(Cc3ccc4c(=S)n(C)c(=O)[nH]c4c3)CC2)c(F)n1. The van der Waals surface area contributed by atoms with E-state index in [0.29, 0.717) is 23.4 Å². The number of fused-ring (bicyclic) bond motifs is 1. The zero-order chi connectivity index (χ0) is 22.1. The van der Waals surface area contributed by atoms with Gasteiger partial charge in [0.15, 0.2) is 0 Å². The Morgan fingerprint density at radius 1 is 1.23 bits per heavy atom. The molecule has 0 spiro atoms. The van der Waals surface area contributed by atoms with Crippen LogP contribution in [0.3, 0.4) is 0 Å². The number of hydrogen-bond acceptors (Lipinski definition) is 6. The van der Waals surface area contributed by atoms with E-state index in [1.807, 2.05) is 23.1 Å². The van der Waals surface area contributed by atoms with E-state index >= 15 is 0 Å². The first-order chi connectivity index (χ1) is 14.9. The minimum atomic E-state index is -0.638. The maximum atomic E-state index is 14.4. The van der Waals surface area contributed by atoms with Crippen molar-refractivity contribution in [3.63, 3.8) is 0 Å². The number of carbonyl (C=O) groups excluding carboxylic acids is 1. The Bertz CT molecular complexity index is 1260. The number of nitrogens with one attached hydrogen (secondary N) is 2. The number of anilines is 1. The highest BCUT2D eigenvalue weighted by Gasteiger charge is 2.21. The van der Waals surface area contributed by atoms with Gasteiger partial charge < -0.3 is 15.2 Å². The van der Waals surface area contributed by atoms with Crippen LogP contribution < -0.4 is 15.9 Å². The van der Waals surface area contributed by atoms with Gasteiger partial charge in [-0.25, -0.2) is 9.78 Å². The molecule has 3 aromatic rings. The predicted molar refractivity (Wildman–Crippen MR) is 119 cm³/mol. The molecule has 3 heterocycles. The number of rotatable bonds is 4. The quantitative estimate of drug-likeness (QED) is 0.474. The number of nitrogens with zero attached hydrogens (tertiary/aromatic N) is 4. The van der Waals surface area contributed by atoms with E-state index in [4.69, 9.17) is 12.2 Å². The zero-order valence-electron chi connectivity index (χ0n) is 17.3. The summed E-state index contributed by atoms with van der Waals surface area (Å²) in [7, 11) is 3.14. The zero-order valence-corrected chi connectivity index (χ0v) is 18.1. The summed E-state index contributed by atoms with van der Waals surface area (Å²) in [6.07, 6.45) is 0. The van der Waals surface area contributed by atoms with Gasteiger partial charge in [-0.15, -0.1) is 0 Å². The van der Waals surface area contributed by atoms with Gasteiger partial charge in [0.05, 0.1) is 11.2 Å². The molecule has 2 N–H and O–H groups in total. The number of hydrogen-bond donors (Lipinski definition) is 2. The molecule has 0 unspecified atom stereocenters. The fourth-order valence-corrected chi connectivity index (χ4v) is 4.03. The second kappa shape index (κ2) is 8.56. The van der Waals surface area contributed by atoms with Crippen molar-refractivity contribution in [2.75, 3.05) is 38.1 Å². The molecule has 1 saturated heterocycles. The van der Waals surface area contributed by atoms with Crippen molar-refractivity contribution >= 4 is 34.7 Å². The number of carbonyl (C=O) groups is 1. The number of aromatic nitrogens is 3. The number of aromatic amines is 1. The number of benzene rings is 1. The molecular formula is C21H23FN6O2S. The molecule has 10 heteroatoms. The van der Waals surface area contributed by atoms with Gasteiger partial charge in [0.1, 0.15) is 10.3 Å². The van der Waals surface area contributed by atoms with Crippen LogP contribution in [0.15, 0.2) is 35.1 Å². The molecule has 162 valence electrons. The summed E-state index contributed by atoms with van der Waals surface area (Å²) in [4.78, 5) is 34.5. The third kappa shape index (κ3) is 4.21. The van der Waals surface area contributed by atoms with E-state index in [0.717, 1.165) is 36.1 Å². The smallest absolute Gasteiger partial charge is 0.326 e. The Morgan fingerprint density at radius 2 is 1.97 bits per heavy atom.